The topological polar surface area (TPSA) is 104 Å². The maximum absolute atomic E-state index is 14.3. The summed E-state index contributed by atoms with van der Waals surface area (Å²) >= 11 is 0. The fraction of sp³-hybridized carbons (Fsp3) is 0.207. The summed E-state index contributed by atoms with van der Waals surface area (Å²) in [4.78, 5) is 12.5. The highest BCUT2D eigenvalue weighted by molar-refractivity contribution is 7.94. The van der Waals surface area contributed by atoms with E-state index in [1.165, 1.54) is 14.7 Å². The van der Waals surface area contributed by atoms with Crippen molar-refractivity contribution in [2.75, 3.05) is 27.0 Å². The molecule has 0 unspecified atom stereocenters. The van der Waals surface area contributed by atoms with Gasteiger partial charge in [0.15, 0.2) is 0 Å². The van der Waals surface area contributed by atoms with E-state index in [-0.39, 0.29) is 44.9 Å². The first-order valence-electron chi connectivity index (χ1n) is 12.6. The molecule has 0 bridgehead atoms. The van der Waals surface area contributed by atoms with Crippen LogP contribution in [0.15, 0.2) is 82.6 Å². The number of aryl methyl sites for hydroxylation is 2. The minimum absolute atomic E-state index is 0.0919. The lowest BCUT2D eigenvalue weighted by atomic mass is 10.1. The predicted molar refractivity (Wildman–Crippen MR) is 155 cm³/mol. The average molecular weight is 564 g/mol. The van der Waals surface area contributed by atoms with Crippen LogP contribution in [0.25, 0.3) is 10.8 Å². The standard InChI is InChI=1S/C29H29N3O5S2/c1-5-31(21-12-7-10-19(3)16-21)38(34,35)25-18-26(28-27-23(25)14-9-15-24(27)29(33)30-28)39(36,37)32(6-2)22-13-8-11-20(4)17-22/h7-18H,5-6H2,1-4H3,(H,30,33). The first kappa shape index (κ1) is 26.7. The molecule has 0 aromatic heterocycles. The smallest absolute Gasteiger partial charge is 0.266 e. The monoisotopic (exact) mass is 563 g/mol. The van der Waals surface area contributed by atoms with Crippen molar-refractivity contribution in [2.24, 2.45) is 0 Å². The molecule has 0 aliphatic carbocycles. The Morgan fingerprint density at radius 2 is 1.21 bits per heavy atom. The zero-order valence-electron chi connectivity index (χ0n) is 22.1. The number of amides is 1. The molecular formula is C29H29N3O5S2. The number of carbonyl (C=O) groups is 1. The number of sulfonamides is 2. The van der Waals surface area contributed by atoms with E-state index in [0.717, 1.165) is 11.1 Å². The van der Waals surface area contributed by atoms with Crippen LogP contribution in [0.3, 0.4) is 0 Å². The molecule has 8 nitrogen and oxygen atoms in total. The minimum atomic E-state index is -4.30. The van der Waals surface area contributed by atoms with Gasteiger partial charge < -0.3 is 5.32 Å². The summed E-state index contributed by atoms with van der Waals surface area (Å²) < 4.78 is 59.4. The van der Waals surface area contributed by atoms with Crippen molar-refractivity contribution in [3.63, 3.8) is 0 Å². The van der Waals surface area contributed by atoms with E-state index in [1.807, 2.05) is 26.0 Å². The van der Waals surface area contributed by atoms with Crippen molar-refractivity contribution in [2.45, 2.75) is 37.5 Å². The van der Waals surface area contributed by atoms with E-state index in [2.05, 4.69) is 5.32 Å². The van der Waals surface area contributed by atoms with Crippen LogP contribution in [0.4, 0.5) is 17.1 Å². The zero-order chi connectivity index (χ0) is 28.1. The third kappa shape index (κ3) is 4.33. The molecular weight excluding hydrogens is 534 g/mol. The molecule has 1 aliphatic rings. The van der Waals surface area contributed by atoms with Gasteiger partial charge in [-0.05, 0) is 75.2 Å². The van der Waals surface area contributed by atoms with E-state index in [1.54, 1.807) is 68.4 Å². The van der Waals surface area contributed by atoms with E-state index in [9.17, 15) is 21.6 Å². The fourth-order valence-corrected chi connectivity index (χ4v) is 8.52. The second-order valence-corrected chi connectivity index (χ2v) is 13.1. The number of hydrogen-bond donors (Lipinski definition) is 1. The molecule has 39 heavy (non-hydrogen) atoms. The minimum Gasteiger partial charge on any atom is -0.320 e. The normalized spacial score (nSPS) is 13.0. The Morgan fingerprint density at radius 1 is 0.692 bits per heavy atom. The Morgan fingerprint density at radius 3 is 1.72 bits per heavy atom. The van der Waals surface area contributed by atoms with Gasteiger partial charge >= 0.3 is 0 Å². The summed E-state index contributed by atoms with van der Waals surface area (Å²) in [5.41, 5.74) is 3.00. The van der Waals surface area contributed by atoms with Crippen LogP contribution >= 0.6 is 0 Å². The molecule has 0 atom stereocenters. The van der Waals surface area contributed by atoms with Crippen LogP contribution in [-0.4, -0.2) is 35.8 Å². The Kier molecular flexibility index (Phi) is 6.64. The summed E-state index contributed by atoms with van der Waals surface area (Å²) in [6.07, 6.45) is 0. The van der Waals surface area contributed by atoms with Gasteiger partial charge in [-0.1, -0.05) is 36.4 Å². The quantitative estimate of drug-likeness (QED) is 0.307. The maximum Gasteiger partial charge on any atom is 0.266 e. The second-order valence-electron chi connectivity index (χ2n) is 9.45. The van der Waals surface area contributed by atoms with E-state index >= 15 is 0 Å². The molecule has 5 rings (SSSR count). The summed E-state index contributed by atoms with van der Waals surface area (Å²) in [6.45, 7) is 7.39. The molecule has 0 spiro atoms. The summed E-state index contributed by atoms with van der Waals surface area (Å²) in [5, 5.41) is 3.26. The number of hydrogen-bond acceptors (Lipinski definition) is 5. The van der Waals surface area contributed by atoms with Crippen LogP contribution in [0.1, 0.15) is 35.3 Å². The van der Waals surface area contributed by atoms with Crippen LogP contribution < -0.4 is 13.9 Å². The van der Waals surface area contributed by atoms with E-state index in [0.29, 0.717) is 11.4 Å². The number of nitrogens with one attached hydrogen (secondary N) is 1. The van der Waals surface area contributed by atoms with E-state index < -0.39 is 26.0 Å². The van der Waals surface area contributed by atoms with Crippen molar-refractivity contribution in [3.05, 3.63) is 89.5 Å². The number of anilines is 3. The molecule has 1 amide bonds. The van der Waals surface area contributed by atoms with Gasteiger partial charge in [-0.2, -0.15) is 0 Å². The summed E-state index contributed by atoms with van der Waals surface area (Å²) in [5.74, 6) is -0.480. The lowest BCUT2D eigenvalue weighted by Crippen LogP contribution is -2.33. The van der Waals surface area contributed by atoms with Crippen molar-refractivity contribution in [3.8, 4) is 0 Å². The van der Waals surface area contributed by atoms with Crippen LogP contribution in [0.5, 0.6) is 0 Å². The summed E-state index contributed by atoms with van der Waals surface area (Å²) in [7, 11) is -8.54. The van der Waals surface area contributed by atoms with Gasteiger partial charge in [0.05, 0.1) is 22.0 Å². The van der Waals surface area contributed by atoms with Gasteiger partial charge in [-0.25, -0.2) is 16.8 Å². The summed E-state index contributed by atoms with van der Waals surface area (Å²) in [6, 6.07) is 20.1. The van der Waals surface area contributed by atoms with Crippen LogP contribution in [0, 0.1) is 13.8 Å². The van der Waals surface area contributed by atoms with Gasteiger partial charge in [0, 0.05) is 29.4 Å². The molecule has 202 valence electrons. The van der Waals surface area contributed by atoms with Crippen LogP contribution in [-0.2, 0) is 20.0 Å². The first-order chi connectivity index (χ1) is 18.5. The molecule has 1 aliphatic heterocycles. The molecule has 4 aromatic rings. The number of carbonyl (C=O) groups excluding carboxylic acids is 1. The average Bonchev–Trinajstić information content (AvgIpc) is 3.22. The number of benzene rings is 4. The predicted octanol–water partition coefficient (Wildman–Crippen LogP) is 5.45. The van der Waals surface area contributed by atoms with Crippen LogP contribution in [0.2, 0.25) is 0 Å². The molecule has 1 heterocycles. The van der Waals surface area contributed by atoms with Gasteiger partial charge in [0.1, 0.15) is 4.90 Å². The number of nitrogens with zero attached hydrogens (tertiary/aromatic N) is 2. The Bertz CT molecular complexity index is 1850. The van der Waals surface area contributed by atoms with Gasteiger partial charge in [0.2, 0.25) is 0 Å². The van der Waals surface area contributed by atoms with Crippen molar-refractivity contribution >= 4 is 53.8 Å². The lowest BCUT2D eigenvalue weighted by Gasteiger charge is -2.27. The highest BCUT2D eigenvalue weighted by atomic mass is 32.2. The highest BCUT2D eigenvalue weighted by Gasteiger charge is 2.37. The second kappa shape index (κ2) is 9.69. The van der Waals surface area contributed by atoms with E-state index in [4.69, 9.17) is 0 Å². The SMILES string of the molecule is CCN(c1cccc(C)c1)S(=O)(=O)c1cc(S(=O)(=O)N(CC)c2cccc(C)c2)c2cccc3c2c1NC3=O. The molecule has 4 aromatic carbocycles. The maximum atomic E-state index is 14.3. The fourth-order valence-electron chi connectivity index (χ4n) is 5.12. The lowest BCUT2D eigenvalue weighted by molar-refractivity contribution is 0.103. The third-order valence-electron chi connectivity index (χ3n) is 6.86. The Balaban J connectivity index is 1.81. The molecule has 0 saturated heterocycles. The van der Waals surface area contributed by atoms with Crippen molar-refractivity contribution in [1.29, 1.82) is 0 Å². The molecule has 0 radical (unpaired) electrons. The van der Waals surface area contributed by atoms with Crippen molar-refractivity contribution in [1.82, 2.24) is 0 Å². The van der Waals surface area contributed by atoms with Crippen molar-refractivity contribution < 1.29 is 21.6 Å². The molecule has 0 fully saturated rings. The van der Waals surface area contributed by atoms with Gasteiger partial charge in [-0.15, -0.1) is 0 Å². The Hall–Kier alpha value is -3.89. The van der Waals surface area contributed by atoms with Gasteiger partial charge in [-0.3, -0.25) is 13.4 Å². The molecule has 10 heteroatoms. The van der Waals surface area contributed by atoms with Gasteiger partial charge in [0.25, 0.3) is 26.0 Å². The Labute approximate surface area is 229 Å². The third-order valence-corrected chi connectivity index (χ3v) is 10.7. The zero-order valence-corrected chi connectivity index (χ0v) is 23.7. The molecule has 0 saturated carbocycles. The number of rotatable bonds is 8. The first-order valence-corrected chi connectivity index (χ1v) is 15.5. The largest absolute Gasteiger partial charge is 0.320 e. The molecule has 1 N–H and O–H groups in total. The highest BCUT2D eigenvalue weighted by Crippen LogP contribution is 2.44.